The van der Waals surface area contributed by atoms with Gasteiger partial charge in [0.05, 0.1) is 21.8 Å². The molecule has 158 valence electrons. The highest BCUT2D eigenvalue weighted by atomic mass is 32.1. The Morgan fingerprint density at radius 1 is 0.906 bits per heavy atom. The predicted molar refractivity (Wildman–Crippen MR) is 127 cm³/mol. The van der Waals surface area contributed by atoms with Crippen LogP contribution in [-0.4, -0.2) is 21.8 Å². The number of aliphatic hydroxyl groups excluding tert-OH is 1. The molecule has 0 bridgehead atoms. The van der Waals surface area contributed by atoms with E-state index in [0.717, 1.165) is 26.9 Å². The molecule has 0 saturated carbocycles. The minimum absolute atomic E-state index is 0.0713. The fourth-order valence-corrected chi connectivity index (χ4v) is 4.92. The number of rotatable bonds is 3. The van der Waals surface area contributed by atoms with Gasteiger partial charge in [-0.2, -0.15) is 0 Å². The van der Waals surface area contributed by atoms with Gasteiger partial charge >= 0.3 is 5.91 Å². The molecule has 1 aliphatic rings. The maximum Gasteiger partial charge on any atom is 0.301 e. The van der Waals surface area contributed by atoms with Gasteiger partial charge in [0.2, 0.25) is 0 Å². The smallest absolute Gasteiger partial charge is 0.301 e. The number of ketones is 1. The molecule has 0 aliphatic carbocycles. The van der Waals surface area contributed by atoms with Crippen LogP contribution in [-0.2, 0) is 9.59 Å². The molecule has 1 fully saturated rings. The number of aryl methyl sites for hydroxylation is 2. The molecule has 1 aliphatic heterocycles. The van der Waals surface area contributed by atoms with Crippen molar-refractivity contribution < 1.29 is 14.7 Å². The minimum Gasteiger partial charge on any atom is -0.507 e. The van der Waals surface area contributed by atoms with Crippen molar-refractivity contribution in [2.75, 3.05) is 4.90 Å². The van der Waals surface area contributed by atoms with Gasteiger partial charge in [-0.25, -0.2) is 4.98 Å². The highest BCUT2D eigenvalue weighted by Crippen LogP contribution is 2.44. The summed E-state index contributed by atoms with van der Waals surface area (Å²) in [6.07, 6.45) is 0. The van der Waals surface area contributed by atoms with Gasteiger partial charge in [-0.15, -0.1) is 0 Å². The maximum absolute atomic E-state index is 13.2. The molecule has 6 heteroatoms. The number of aromatic nitrogens is 1. The number of para-hydroxylation sites is 1. The molecule has 0 spiro atoms. The van der Waals surface area contributed by atoms with Crippen LogP contribution in [0.4, 0.5) is 5.13 Å². The molecule has 1 aromatic heterocycles. The Kier molecular flexibility index (Phi) is 4.87. The first-order chi connectivity index (χ1) is 15.4. The monoisotopic (exact) mass is 440 g/mol. The van der Waals surface area contributed by atoms with E-state index in [-0.39, 0.29) is 11.3 Å². The number of carbonyl (C=O) groups excluding carboxylic acids is 2. The van der Waals surface area contributed by atoms with Crippen LogP contribution in [0.1, 0.15) is 28.3 Å². The Balaban J connectivity index is 1.73. The van der Waals surface area contributed by atoms with Crippen LogP contribution in [0, 0.1) is 13.8 Å². The van der Waals surface area contributed by atoms with E-state index < -0.39 is 17.7 Å². The number of anilines is 1. The van der Waals surface area contributed by atoms with Crippen molar-refractivity contribution in [2.24, 2.45) is 0 Å². The molecular weight excluding hydrogens is 420 g/mol. The lowest BCUT2D eigenvalue weighted by Crippen LogP contribution is -2.29. The summed E-state index contributed by atoms with van der Waals surface area (Å²) < 4.78 is 0.922. The van der Waals surface area contributed by atoms with Gasteiger partial charge in [0.25, 0.3) is 5.78 Å². The average Bonchev–Trinajstić information content (AvgIpc) is 3.33. The summed E-state index contributed by atoms with van der Waals surface area (Å²) >= 11 is 1.35. The van der Waals surface area contributed by atoms with Gasteiger partial charge < -0.3 is 5.11 Å². The molecule has 5 nitrogen and oxygen atoms in total. The molecule has 1 atom stereocenters. The molecular formula is C26H20N2O3S. The number of nitrogens with zero attached hydrogens (tertiary/aromatic N) is 2. The number of hydrogen-bond acceptors (Lipinski definition) is 5. The van der Waals surface area contributed by atoms with E-state index in [1.807, 2.05) is 74.5 Å². The normalized spacial score (nSPS) is 17.9. The average molecular weight is 441 g/mol. The molecule has 3 aromatic carbocycles. The topological polar surface area (TPSA) is 70.5 Å². The van der Waals surface area contributed by atoms with Crippen LogP contribution >= 0.6 is 11.3 Å². The zero-order valence-corrected chi connectivity index (χ0v) is 18.4. The fraction of sp³-hybridized carbons (Fsp3) is 0.115. The van der Waals surface area contributed by atoms with E-state index in [4.69, 9.17) is 0 Å². The number of fused-ring (bicyclic) bond motifs is 1. The maximum atomic E-state index is 13.2. The number of amides is 1. The lowest BCUT2D eigenvalue weighted by atomic mass is 9.94. The Hall–Kier alpha value is -3.77. The van der Waals surface area contributed by atoms with Crippen molar-refractivity contribution in [3.63, 3.8) is 0 Å². The van der Waals surface area contributed by atoms with Crippen LogP contribution in [0.3, 0.4) is 0 Å². The third-order valence-corrected chi connectivity index (χ3v) is 6.69. The third kappa shape index (κ3) is 3.29. The summed E-state index contributed by atoms with van der Waals surface area (Å²) in [5, 5.41) is 11.6. The second kappa shape index (κ2) is 7.73. The molecule has 32 heavy (non-hydrogen) atoms. The molecule has 1 amide bonds. The Labute approximate surface area is 189 Å². The molecule has 1 saturated heterocycles. The van der Waals surface area contributed by atoms with Gasteiger partial charge in [-0.3, -0.25) is 14.5 Å². The van der Waals surface area contributed by atoms with Crippen molar-refractivity contribution in [1.29, 1.82) is 0 Å². The van der Waals surface area contributed by atoms with E-state index in [9.17, 15) is 14.7 Å². The fourth-order valence-electron chi connectivity index (χ4n) is 3.92. The summed E-state index contributed by atoms with van der Waals surface area (Å²) in [4.78, 5) is 32.5. The lowest BCUT2D eigenvalue weighted by molar-refractivity contribution is -0.132. The second-order valence-corrected chi connectivity index (χ2v) is 8.92. The number of benzene rings is 3. The summed E-state index contributed by atoms with van der Waals surface area (Å²) in [5.74, 6) is -1.59. The highest BCUT2D eigenvalue weighted by molar-refractivity contribution is 7.22. The third-order valence-electron chi connectivity index (χ3n) is 5.65. The summed E-state index contributed by atoms with van der Waals surface area (Å²) in [6.45, 7) is 3.92. The van der Waals surface area contributed by atoms with Crippen LogP contribution < -0.4 is 4.90 Å². The van der Waals surface area contributed by atoms with Gasteiger partial charge in [0.1, 0.15) is 5.76 Å². The largest absolute Gasteiger partial charge is 0.507 e. The number of aliphatic hydroxyl groups is 1. The van der Waals surface area contributed by atoms with Crippen LogP contribution in [0.2, 0.25) is 0 Å². The van der Waals surface area contributed by atoms with Gasteiger partial charge in [-0.1, -0.05) is 83.1 Å². The number of Topliss-reactive ketones (excluding diaryl/α,β-unsaturated/α-hetero) is 1. The van der Waals surface area contributed by atoms with Gasteiger partial charge in [0.15, 0.2) is 5.13 Å². The van der Waals surface area contributed by atoms with Crippen molar-refractivity contribution >= 4 is 44.1 Å². The zero-order chi connectivity index (χ0) is 22.4. The Morgan fingerprint density at radius 3 is 2.19 bits per heavy atom. The predicted octanol–water partition coefficient (Wildman–Crippen LogP) is 5.54. The van der Waals surface area contributed by atoms with E-state index in [1.54, 1.807) is 12.1 Å². The number of thiazole rings is 1. The number of carbonyl (C=O) groups is 2. The highest BCUT2D eigenvalue weighted by Gasteiger charge is 2.48. The summed E-state index contributed by atoms with van der Waals surface area (Å²) in [5.41, 5.74) is 4.16. The minimum atomic E-state index is -0.766. The van der Waals surface area contributed by atoms with Crippen molar-refractivity contribution in [2.45, 2.75) is 19.9 Å². The molecule has 1 N–H and O–H groups in total. The van der Waals surface area contributed by atoms with E-state index in [1.165, 1.54) is 16.2 Å². The van der Waals surface area contributed by atoms with Crippen LogP contribution in [0.25, 0.3) is 16.0 Å². The SMILES string of the molecule is Cc1ccc(C(O)=C2C(=O)C(=O)N(c3nc4ccccc4s3)[C@@H]2c2ccc(C)cc2)cc1. The van der Waals surface area contributed by atoms with Crippen LogP contribution in [0.15, 0.2) is 78.4 Å². The standard InChI is InChI=1S/C26H20N2O3S/c1-15-7-11-17(12-8-15)22-21(23(29)18-13-9-16(2)10-14-18)24(30)25(31)28(22)26-27-19-5-3-4-6-20(19)32-26/h3-14,22,29H,1-2H3/t22-/m1/s1. The van der Waals surface area contributed by atoms with Crippen molar-refractivity contribution in [1.82, 2.24) is 4.98 Å². The Bertz CT molecular complexity index is 1350. The first-order valence-electron chi connectivity index (χ1n) is 10.2. The Morgan fingerprint density at radius 2 is 1.53 bits per heavy atom. The van der Waals surface area contributed by atoms with E-state index >= 15 is 0 Å². The van der Waals surface area contributed by atoms with Crippen molar-refractivity contribution in [3.8, 4) is 0 Å². The second-order valence-electron chi connectivity index (χ2n) is 7.91. The summed E-state index contributed by atoms with van der Waals surface area (Å²) in [6, 6.07) is 21.7. The van der Waals surface area contributed by atoms with Crippen LogP contribution in [0.5, 0.6) is 0 Å². The molecule has 0 radical (unpaired) electrons. The molecule has 5 rings (SSSR count). The van der Waals surface area contributed by atoms with Gasteiger partial charge in [0, 0.05) is 5.56 Å². The lowest BCUT2D eigenvalue weighted by Gasteiger charge is -2.23. The first-order valence-corrected chi connectivity index (χ1v) is 11.1. The molecule has 0 unspecified atom stereocenters. The number of hydrogen-bond donors (Lipinski definition) is 1. The van der Waals surface area contributed by atoms with E-state index in [2.05, 4.69) is 4.98 Å². The quantitative estimate of drug-likeness (QED) is 0.258. The zero-order valence-electron chi connectivity index (χ0n) is 17.6. The van der Waals surface area contributed by atoms with E-state index in [0.29, 0.717) is 10.7 Å². The summed E-state index contributed by atoms with van der Waals surface area (Å²) in [7, 11) is 0. The van der Waals surface area contributed by atoms with Crippen molar-refractivity contribution in [3.05, 3.63) is 101 Å². The molecule has 4 aromatic rings. The molecule has 2 heterocycles. The first kappa shape index (κ1) is 20.2. The van der Waals surface area contributed by atoms with Gasteiger partial charge in [-0.05, 0) is 31.5 Å².